The van der Waals surface area contributed by atoms with Gasteiger partial charge in [-0.3, -0.25) is 0 Å². The highest BCUT2D eigenvalue weighted by atomic mass is 32.2. The van der Waals surface area contributed by atoms with E-state index in [0.29, 0.717) is 0 Å². The smallest absolute Gasteiger partial charge is 0.123 e. The Balaban J connectivity index is 1.74. The lowest BCUT2D eigenvalue weighted by Gasteiger charge is -2.09. The lowest BCUT2D eigenvalue weighted by atomic mass is 10.1. The molecular formula is C24H46N4OS. The Labute approximate surface area is 189 Å². The molecule has 5 N–H and O–H groups in total. The number of nitrogens with two attached hydrogens (primary N) is 1. The van der Waals surface area contributed by atoms with Gasteiger partial charge >= 0.3 is 0 Å². The molecule has 0 spiro atoms. The Kier molecular flexibility index (Phi) is 19.5. The van der Waals surface area contributed by atoms with Crippen LogP contribution in [0.1, 0.15) is 56.9 Å². The summed E-state index contributed by atoms with van der Waals surface area (Å²) in [5, 5.41) is 10.6. The molecule has 0 radical (unpaired) electrons. The van der Waals surface area contributed by atoms with E-state index in [1.807, 2.05) is 23.9 Å². The van der Waals surface area contributed by atoms with E-state index in [1.165, 1.54) is 68.4 Å². The maximum atomic E-state index is 5.50. The molecule has 0 atom stereocenters. The first-order valence-corrected chi connectivity index (χ1v) is 13.1. The Morgan fingerprint density at radius 1 is 0.733 bits per heavy atom. The topological polar surface area (TPSA) is 71.3 Å². The lowest BCUT2D eigenvalue weighted by molar-refractivity contribution is 0.407. The molecule has 0 amide bonds. The van der Waals surface area contributed by atoms with Crippen LogP contribution >= 0.6 is 11.8 Å². The summed E-state index contributed by atoms with van der Waals surface area (Å²) in [7, 11) is 1.73. The number of thioether (sulfide) groups is 1. The van der Waals surface area contributed by atoms with Gasteiger partial charge in [-0.05, 0) is 57.9 Å². The maximum Gasteiger partial charge on any atom is 0.123 e. The van der Waals surface area contributed by atoms with Crippen molar-refractivity contribution in [1.29, 1.82) is 0 Å². The average Bonchev–Trinajstić information content (AvgIpc) is 2.78. The molecule has 1 aromatic carbocycles. The minimum Gasteiger partial charge on any atom is -0.496 e. The van der Waals surface area contributed by atoms with Gasteiger partial charge in [0.15, 0.2) is 0 Å². The van der Waals surface area contributed by atoms with Gasteiger partial charge in [0.1, 0.15) is 5.75 Å². The molecule has 0 aliphatic rings. The Hall–Kier alpha value is -0.790. The average molecular weight is 439 g/mol. The minimum atomic E-state index is 0.834. The number of benzene rings is 1. The van der Waals surface area contributed by atoms with Crippen molar-refractivity contribution in [2.24, 2.45) is 5.73 Å². The van der Waals surface area contributed by atoms with Crippen LogP contribution in [0, 0.1) is 0 Å². The van der Waals surface area contributed by atoms with Crippen molar-refractivity contribution in [2.45, 2.75) is 57.9 Å². The molecule has 30 heavy (non-hydrogen) atoms. The van der Waals surface area contributed by atoms with Crippen molar-refractivity contribution in [3.8, 4) is 5.75 Å². The summed E-state index contributed by atoms with van der Waals surface area (Å²) in [4.78, 5) is 0. The summed E-state index contributed by atoms with van der Waals surface area (Å²) in [6.45, 7) is 7.35. The highest BCUT2D eigenvalue weighted by Crippen LogP contribution is 2.16. The van der Waals surface area contributed by atoms with Gasteiger partial charge in [0.05, 0.1) is 7.11 Å². The number of hydrogen-bond donors (Lipinski definition) is 4. The number of ether oxygens (including phenoxy) is 1. The predicted molar refractivity (Wildman–Crippen MR) is 134 cm³/mol. The van der Waals surface area contributed by atoms with Gasteiger partial charge in [0, 0.05) is 36.7 Å². The number of rotatable bonds is 22. The first kappa shape index (κ1) is 27.2. The zero-order chi connectivity index (χ0) is 21.5. The van der Waals surface area contributed by atoms with Gasteiger partial charge in [-0.15, -0.1) is 0 Å². The van der Waals surface area contributed by atoms with Crippen molar-refractivity contribution in [3.63, 3.8) is 0 Å². The van der Waals surface area contributed by atoms with E-state index in [9.17, 15) is 0 Å². The second kappa shape index (κ2) is 21.4. The van der Waals surface area contributed by atoms with E-state index in [4.69, 9.17) is 10.5 Å². The van der Waals surface area contributed by atoms with Gasteiger partial charge in [-0.1, -0.05) is 43.9 Å². The van der Waals surface area contributed by atoms with Gasteiger partial charge in [0.25, 0.3) is 0 Å². The largest absolute Gasteiger partial charge is 0.496 e. The number of nitrogens with one attached hydrogen (secondary N) is 3. The standard InChI is InChI=1S/C24H46N4OS/c1-29-24-13-7-6-12-23(24)22-28-17-11-5-4-10-16-27-19-21-30-20-18-26-15-9-3-2-8-14-25/h6-7,12-13,26-28H,2-5,8-11,14-22,25H2,1H3. The molecule has 0 aromatic heterocycles. The summed E-state index contributed by atoms with van der Waals surface area (Å²) >= 11 is 2.04. The zero-order valence-corrected chi connectivity index (χ0v) is 20.0. The van der Waals surface area contributed by atoms with Crippen LogP contribution in [0.4, 0.5) is 0 Å². The van der Waals surface area contributed by atoms with Crippen LogP contribution in [0.3, 0.4) is 0 Å². The van der Waals surface area contributed by atoms with Gasteiger partial charge in [0.2, 0.25) is 0 Å². The molecule has 0 saturated heterocycles. The SMILES string of the molecule is COc1ccccc1CNCCCCCCNCCSCCNCCCCCCN. The van der Waals surface area contributed by atoms with Gasteiger partial charge in [-0.25, -0.2) is 0 Å². The third-order valence-electron chi connectivity index (χ3n) is 5.12. The highest BCUT2D eigenvalue weighted by Gasteiger charge is 2.00. The number of unbranched alkanes of at least 4 members (excludes halogenated alkanes) is 6. The van der Waals surface area contributed by atoms with Crippen molar-refractivity contribution < 1.29 is 4.74 Å². The monoisotopic (exact) mass is 438 g/mol. The third kappa shape index (κ3) is 16.0. The fourth-order valence-electron chi connectivity index (χ4n) is 3.31. The molecule has 0 aliphatic heterocycles. The van der Waals surface area contributed by atoms with Crippen LogP contribution in [0.2, 0.25) is 0 Å². The molecule has 1 rings (SSSR count). The first-order valence-electron chi connectivity index (χ1n) is 11.9. The maximum absolute atomic E-state index is 5.50. The normalized spacial score (nSPS) is 11.1. The van der Waals surface area contributed by atoms with E-state index in [-0.39, 0.29) is 0 Å². The molecule has 0 heterocycles. The Bertz CT molecular complexity index is 490. The van der Waals surface area contributed by atoms with E-state index < -0.39 is 0 Å². The zero-order valence-electron chi connectivity index (χ0n) is 19.2. The quantitative estimate of drug-likeness (QED) is 0.207. The molecule has 174 valence electrons. The number of methoxy groups -OCH3 is 1. The van der Waals surface area contributed by atoms with Gasteiger partial charge in [-0.2, -0.15) is 11.8 Å². The van der Waals surface area contributed by atoms with E-state index in [2.05, 4.69) is 28.1 Å². The van der Waals surface area contributed by atoms with Crippen molar-refractivity contribution in [1.82, 2.24) is 16.0 Å². The first-order chi connectivity index (χ1) is 14.9. The molecule has 5 nitrogen and oxygen atoms in total. The van der Waals surface area contributed by atoms with Crippen LogP contribution in [0.25, 0.3) is 0 Å². The molecule has 0 aliphatic carbocycles. The van der Waals surface area contributed by atoms with Crippen LogP contribution in [0.5, 0.6) is 5.75 Å². The summed E-state index contributed by atoms with van der Waals surface area (Å²) in [6.07, 6.45) is 10.2. The van der Waals surface area contributed by atoms with Crippen molar-refractivity contribution in [3.05, 3.63) is 29.8 Å². The van der Waals surface area contributed by atoms with Crippen molar-refractivity contribution >= 4 is 11.8 Å². The fraction of sp³-hybridized carbons (Fsp3) is 0.750. The van der Waals surface area contributed by atoms with E-state index in [0.717, 1.165) is 51.6 Å². The molecule has 6 heteroatoms. The Morgan fingerprint density at radius 2 is 1.30 bits per heavy atom. The van der Waals surface area contributed by atoms with Gasteiger partial charge < -0.3 is 26.4 Å². The van der Waals surface area contributed by atoms with Crippen LogP contribution < -0.4 is 26.4 Å². The third-order valence-corrected chi connectivity index (χ3v) is 6.10. The summed E-state index contributed by atoms with van der Waals surface area (Å²) in [6, 6.07) is 8.22. The second-order valence-corrected chi connectivity index (χ2v) is 8.94. The van der Waals surface area contributed by atoms with Crippen LogP contribution in [-0.4, -0.2) is 57.9 Å². The molecule has 0 bridgehead atoms. The van der Waals surface area contributed by atoms with E-state index in [1.54, 1.807) is 7.11 Å². The molecule has 0 unspecified atom stereocenters. The summed E-state index contributed by atoms with van der Waals surface area (Å²) < 4.78 is 5.38. The van der Waals surface area contributed by atoms with E-state index >= 15 is 0 Å². The summed E-state index contributed by atoms with van der Waals surface area (Å²) in [5.41, 5.74) is 6.73. The Morgan fingerprint density at radius 3 is 1.90 bits per heavy atom. The number of para-hydroxylation sites is 1. The van der Waals surface area contributed by atoms with Crippen LogP contribution in [0.15, 0.2) is 24.3 Å². The minimum absolute atomic E-state index is 0.834. The van der Waals surface area contributed by atoms with Crippen molar-refractivity contribution in [2.75, 3.05) is 57.9 Å². The molecule has 0 saturated carbocycles. The highest BCUT2D eigenvalue weighted by molar-refractivity contribution is 7.99. The molecule has 1 aromatic rings. The molecular weight excluding hydrogens is 392 g/mol. The second-order valence-electron chi connectivity index (χ2n) is 7.72. The molecule has 0 fully saturated rings. The lowest BCUT2D eigenvalue weighted by Crippen LogP contribution is -2.21. The fourth-order valence-corrected chi connectivity index (χ4v) is 4.10. The predicted octanol–water partition coefficient (Wildman–Crippen LogP) is 3.78. The summed E-state index contributed by atoms with van der Waals surface area (Å²) in [5.74, 6) is 3.40. The number of hydrogen-bond acceptors (Lipinski definition) is 6. The van der Waals surface area contributed by atoms with Crippen LogP contribution in [-0.2, 0) is 6.54 Å².